The van der Waals surface area contributed by atoms with Crippen molar-refractivity contribution in [2.75, 3.05) is 20.1 Å². The van der Waals surface area contributed by atoms with Crippen LogP contribution < -0.4 is 16.4 Å². The number of nitrogens with one attached hydrogen (secondary N) is 2. The zero-order valence-electron chi connectivity index (χ0n) is 19.4. The van der Waals surface area contributed by atoms with Gasteiger partial charge in [0.05, 0.1) is 6.10 Å². The van der Waals surface area contributed by atoms with Gasteiger partial charge in [-0.2, -0.15) is 0 Å². The summed E-state index contributed by atoms with van der Waals surface area (Å²) in [4.78, 5) is 0. The van der Waals surface area contributed by atoms with Crippen molar-refractivity contribution in [3.8, 4) is 0 Å². The van der Waals surface area contributed by atoms with Crippen molar-refractivity contribution >= 4 is 0 Å². The Morgan fingerprint density at radius 2 is 1.61 bits per heavy atom. The molecule has 162 valence electrons. The van der Waals surface area contributed by atoms with E-state index in [1.807, 2.05) is 58.2 Å². The van der Waals surface area contributed by atoms with Gasteiger partial charge in [0.25, 0.3) is 0 Å². The molecule has 1 aromatic rings. The second kappa shape index (κ2) is 18.7. The van der Waals surface area contributed by atoms with Crippen molar-refractivity contribution in [2.45, 2.75) is 67.0 Å². The lowest BCUT2D eigenvalue weighted by Crippen LogP contribution is -2.43. The number of hydrogen-bond donors (Lipinski definition) is 4. The first kappa shape index (κ1) is 28.6. The van der Waals surface area contributed by atoms with E-state index in [1.54, 1.807) is 0 Å². The van der Waals surface area contributed by atoms with Crippen LogP contribution in [0.2, 0.25) is 0 Å². The normalized spacial score (nSPS) is 12.8. The molecule has 0 bridgehead atoms. The Bertz CT molecular complexity index is 520. The Hall–Kier alpha value is -1.62. The largest absolute Gasteiger partial charge is 0.392 e. The lowest BCUT2D eigenvalue weighted by Gasteiger charge is -2.20. The third-order valence-corrected chi connectivity index (χ3v) is 3.78. The van der Waals surface area contributed by atoms with Crippen LogP contribution in [0, 0.1) is 5.92 Å². The summed E-state index contributed by atoms with van der Waals surface area (Å²) in [6, 6.07) is 9.83. The summed E-state index contributed by atoms with van der Waals surface area (Å²) >= 11 is 0. The molecule has 0 aromatic heterocycles. The lowest BCUT2D eigenvalue weighted by atomic mass is 10.0. The third-order valence-electron chi connectivity index (χ3n) is 3.78. The maximum Gasteiger partial charge on any atom is 0.0818 e. The Kier molecular flexibility index (Phi) is 19.1. The first-order valence-corrected chi connectivity index (χ1v) is 10.4. The van der Waals surface area contributed by atoms with Crippen LogP contribution in [-0.2, 0) is 6.42 Å². The molecule has 0 aliphatic heterocycles. The summed E-state index contributed by atoms with van der Waals surface area (Å²) < 4.78 is 0. The first-order chi connectivity index (χ1) is 13.3. The van der Waals surface area contributed by atoms with E-state index in [0.29, 0.717) is 18.9 Å². The van der Waals surface area contributed by atoms with Crippen molar-refractivity contribution in [1.29, 1.82) is 0 Å². The van der Waals surface area contributed by atoms with Crippen LogP contribution in [0.15, 0.2) is 53.8 Å². The van der Waals surface area contributed by atoms with Gasteiger partial charge >= 0.3 is 0 Å². The highest BCUT2D eigenvalue weighted by atomic mass is 16.3. The van der Waals surface area contributed by atoms with E-state index in [-0.39, 0.29) is 6.04 Å². The molecule has 0 amide bonds. The molecule has 1 rings (SSSR count). The van der Waals surface area contributed by atoms with E-state index in [2.05, 4.69) is 50.5 Å². The highest BCUT2D eigenvalue weighted by molar-refractivity contribution is 5.16. The van der Waals surface area contributed by atoms with E-state index in [4.69, 9.17) is 5.73 Å². The molecule has 0 unspecified atom stereocenters. The van der Waals surface area contributed by atoms with Gasteiger partial charge in [-0.3, -0.25) is 0 Å². The molecule has 0 aliphatic carbocycles. The molecule has 5 N–H and O–H groups in total. The van der Waals surface area contributed by atoms with Gasteiger partial charge in [-0.15, -0.1) is 0 Å². The molecule has 1 aromatic carbocycles. The van der Waals surface area contributed by atoms with E-state index in [9.17, 15) is 5.11 Å². The van der Waals surface area contributed by atoms with Gasteiger partial charge in [-0.05, 0) is 51.3 Å². The van der Waals surface area contributed by atoms with E-state index < -0.39 is 6.10 Å². The molecule has 4 heteroatoms. The van der Waals surface area contributed by atoms with Crippen LogP contribution in [0.3, 0.4) is 0 Å². The number of allylic oxidation sites excluding steroid dienone is 4. The molecular weight excluding hydrogens is 346 g/mol. The quantitative estimate of drug-likeness (QED) is 0.475. The molecule has 0 spiro atoms. The summed E-state index contributed by atoms with van der Waals surface area (Å²) in [5.74, 6) is 0.590. The van der Waals surface area contributed by atoms with Crippen LogP contribution in [0.1, 0.15) is 54.0 Å². The van der Waals surface area contributed by atoms with Gasteiger partial charge in [-0.1, -0.05) is 69.7 Å². The Morgan fingerprint density at radius 1 is 1.04 bits per heavy atom. The van der Waals surface area contributed by atoms with Gasteiger partial charge in [-0.25, -0.2) is 0 Å². The number of rotatable bonds is 9. The first-order valence-electron chi connectivity index (χ1n) is 10.4. The molecule has 0 saturated heterocycles. The fraction of sp³-hybridized carbons (Fsp3) is 0.583. The van der Waals surface area contributed by atoms with Crippen molar-refractivity contribution in [1.82, 2.24) is 10.6 Å². The fourth-order valence-electron chi connectivity index (χ4n) is 2.07. The van der Waals surface area contributed by atoms with Crippen LogP contribution in [-0.4, -0.2) is 37.4 Å². The van der Waals surface area contributed by atoms with Crippen molar-refractivity contribution in [3.63, 3.8) is 0 Å². The van der Waals surface area contributed by atoms with Crippen molar-refractivity contribution in [2.24, 2.45) is 11.7 Å². The minimum absolute atomic E-state index is 0.211. The number of nitrogens with two attached hydrogens (primary N) is 1. The Balaban J connectivity index is 0. The molecule has 4 nitrogen and oxygen atoms in total. The maximum atomic E-state index is 9.90. The van der Waals surface area contributed by atoms with Gasteiger partial charge in [0.15, 0.2) is 0 Å². The molecule has 0 radical (unpaired) electrons. The second-order valence-corrected chi connectivity index (χ2v) is 7.32. The predicted octanol–water partition coefficient (Wildman–Crippen LogP) is 4.26. The van der Waals surface area contributed by atoms with Gasteiger partial charge < -0.3 is 21.5 Å². The van der Waals surface area contributed by atoms with Gasteiger partial charge in [0.1, 0.15) is 0 Å². The Morgan fingerprint density at radius 3 is 2.07 bits per heavy atom. The minimum Gasteiger partial charge on any atom is -0.392 e. The summed E-state index contributed by atoms with van der Waals surface area (Å²) in [6.45, 7) is 16.0. The lowest BCUT2D eigenvalue weighted by molar-refractivity contribution is 0.141. The van der Waals surface area contributed by atoms with Gasteiger partial charge in [0.2, 0.25) is 0 Å². The number of aliphatic hydroxyl groups is 1. The molecule has 2 atom stereocenters. The second-order valence-electron chi connectivity index (χ2n) is 7.32. The zero-order chi connectivity index (χ0) is 21.9. The molecule has 0 fully saturated rings. The average Bonchev–Trinajstić information content (AvgIpc) is 2.68. The summed E-state index contributed by atoms with van der Waals surface area (Å²) in [5, 5.41) is 16.2. The monoisotopic (exact) mass is 391 g/mol. The van der Waals surface area contributed by atoms with Crippen LogP contribution in [0.4, 0.5) is 0 Å². The number of hydrogen-bond acceptors (Lipinski definition) is 4. The summed E-state index contributed by atoms with van der Waals surface area (Å²) in [6.07, 6.45) is 4.38. The molecule has 0 aliphatic rings. The average molecular weight is 392 g/mol. The summed E-state index contributed by atoms with van der Waals surface area (Å²) in [5.41, 5.74) is 9.66. The minimum atomic E-state index is -0.492. The smallest absolute Gasteiger partial charge is 0.0818 e. The number of aliphatic hydroxyl groups excluding tert-OH is 1. The highest BCUT2D eigenvalue weighted by Crippen LogP contribution is 2.04. The van der Waals surface area contributed by atoms with Crippen molar-refractivity contribution in [3.05, 3.63) is 59.3 Å². The summed E-state index contributed by atoms with van der Waals surface area (Å²) in [7, 11) is 1.92. The number of benzene rings is 1. The van der Waals surface area contributed by atoms with E-state index in [1.165, 1.54) is 16.8 Å². The van der Waals surface area contributed by atoms with E-state index >= 15 is 0 Å². The zero-order valence-corrected chi connectivity index (χ0v) is 19.4. The van der Waals surface area contributed by atoms with Gasteiger partial charge in [0, 0.05) is 25.3 Å². The fourth-order valence-corrected chi connectivity index (χ4v) is 2.07. The van der Waals surface area contributed by atoms with Crippen LogP contribution in [0.25, 0.3) is 0 Å². The maximum absolute atomic E-state index is 9.90. The topological polar surface area (TPSA) is 70.3 Å². The highest BCUT2D eigenvalue weighted by Gasteiger charge is 2.14. The molecule has 0 heterocycles. The molecule has 0 saturated carbocycles. The molecule has 28 heavy (non-hydrogen) atoms. The predicted molar refractivity (Wildman–Crippen MR) is 125 cm³/mol. The Labute approximate surface area is 174 Å². The van der Waals surface area contributed by atoms with Crippen LogP contribution in [0.5, 0.6) is 0 Å². The molecular formula is C24H45N3O. The van der Waals surface area contributed by atoms with E-state index in [0.717, 1.165) is 6.54 Å². The third kappa shape index (κ3) is 17.8. The standard InChI is InChI=1S/C14H24N2O.C8H15N.C2H6/c1-11(2)9-16-10-14(17)13(15)8-12-6-4-3-5-7-12;1-7(2)5-6-8(3)9-4;1-2/h3-7,11,13-14,16-17H,8-10,15H2,1-2H3;5-6,9H,1-4H3;1-2H3/b;8-6+;/t13-,14+;;/m0../s1. The van der Waals surface area contributed by atoms with Crippen LogP contribution >= 0.6 is 0 Å². The SMILES string of the molecule is CC.CC(C)CNC[C@@H](O)[C@@H](N)Cc1ccccc1.CN/C(C)=C/C=C(C)C. The van der Waals surface area contributed by atoms with Crippen molar-refractivity contribution < 1.29 is 5.11 Å².